The van der Waals surface area contributed by atoms with Crippen molar-refractivity contribution < 1.29 is 4.79 Å². The van der Waals surface area contributed by atoms with Crippen LogP contribution in [0.15, 0.2) is 24.5 Å². The Labute approximate surface area is 149 Å². The zero-order valence-corrected chi connectivity index (χ0v) is 14.4. The van der Waals surface area contributed by atoms with E-state index < -0.39 is 0 Å². The highest BCUT2D eigenvalue weighted by atomic mass is 35.5. The van der Waals surface area contributed by atoms with Crippen LogP contribution in [-0.2, 0) is 11.2 Å². The van der Waals surface area contributed by atoms with E-state index in [1.165, 1.54) is 12.8 Å². The van der Waals surface area contributed by atoms with Crippen LogP contribution >= 0.6 is 11.6 Å². The van der Waals surface area contributed by atoms with Gasteiger partial charge in [-0.25, -0.2) is 9.97 Å². The first kappa shape index (κ1) is 15.0. The minimum atomic E-state index is -0.271. The average molecular weight is 356 g/mol. The fourth-order valence-corrected chi connectivity index (χ4v) is 3.81. The number of hydrogen-bond acceptors (Lipinski definition) is 3. The lowest BCUT2D eigenvalue weighted by Crippen LogP contribution is -2.41. The minimum Gasteiger partial charge on any atom is -0.348 e. The van der Waals surface area contributed by atoms with Crippen LogP contribution in [0.5, 0.6) is 0 Å². The molecule has 3 aromatic rings. The molecule has 1 fully saturated rings. The van der Waals surface area contributed by atoms with E-state index in [1.807, 2.05) is 23.1 Å². The van der Waals surface area contributed by atoms with Gasteiger partial charge < -0.3 is 14.9 Å². The van der Waals surface area contributed by atoms with Gasteiger partial charge in [-0.2, -0.15) is 0 Å². The largest absolute Gasteiger partial charge is 0.348 e. The van der Waals surface area contributed by atoms with E-state index in [0.29, 0.717) is 23.9 Å². The molecule has 2 aliphatic rings. The molecule has 7 heteroatoms. The van der Waals surface area contributed by atoms with E-state index in [4.69, 9.17) is 16.6 Å². The topological polar surface area (TPSA) is 77.7 Å². The van der Waals surface area contributed by atoms with Gasteiger partial charge in [-0.1, -0.05) is 11.6 Å². The van der Waals surface area contributed by atoms with Gasteiger partial charge in [0.25, 0.3) is 0 Å². The van der Waals surface area contributed by atoms with E-state index in [9.17, 15) is 4.79 Å². The number of fused-ring (bicyclic) bond motifs is 2. The van der Waals surface area contributed by atoms with Crippen LogP contribution in [-0.4, -0.2) is 37.3 Å². The predicted molar refractivity (Wildman–Crippen MR) is 94.3 cm³/mol. The van der Waals surface area contributed by atoms with Crippen LogP contribution < -0.4 is 0 Å². The number of carbonyl (C=O) groups is 1. The molecule has 25 heavy (non-hydrogen) atoms. The molecule has 128 valence electrons. The number of halogens is 1. The summed E-state index contributed by atoms with van der Waals surface area (Å²) in [6.07, 6.45) is 5.46. The van der Waals surface area contributed by atoms with E-state index in [1.54, 1.807) is 6.33 Å². The summed E-state index contributed by atoms with van der Waals surface area (Å²) in [5, 5.41) is 0.661. The second-order valence-electron chi connectivity index (χ2n) is 6.94. The number of carbonyl (C=O) groups excluding carboxylic acids is 1. The number of imidazole rings is 2. The molecule has 0 radical (unpaired) electrons. The molecule has 1 amide bonds. The van der Waals surface area contributed by atoms with E-state index >= 15 is 0 Å². The molecule has 2 aromatic heterocycles. The van der Waals surface area contributed by atoms with Crippen LogP contribution in [0.3, 0.4) is 0 Å². The van der Waals surface area contributed by atoms with Gasteiger partial charge in [0.2, 0.25) is 5.91 Å². The number of H-pyrrole nitrogens is 2. The molecule has 0 bridgehead atoms. The minimum absolute atomic E-state index is 0.194. The van der Waals surface area contributed by atoms with Crippen LogP contribution in [0, 0.1) is 5.92 Å². The van der Waals surface area contributed by atoms with Crippen LogP contribution in [0.25, 0.3) is 11.0 Å². The number of aromatic nitrogens is 4. The monoisotopic (exact) mass is 355 g/mol. The SMILES string of the molecule is O=C(CC1CC1)N1CCc2[nH]cnc2[C@H]1c1nc2ccc(Cl)cc2[nH]1. The molecule has 3 heterocycles. The highest BCUT2D eigenvalue weighted by Gasteiger charge is 2.37. The first-order valence-corrected chi connectivity index (χ1v) is 9.03. The molecule has 1 atom stereocenters. The molecule has 1 saturated carbocycles. The molecule has 6 nitrogen and oxygen atoms in total. The summed E-state index contributed by atoms with van der Waals surface area (Å²) in [4.78, 5) is 30.6. The number of hydrogen-bond donors (Lipinski definition) is 2. The number of rotatable bonds is 3. The second-order valence-corrected chi connectivity index (χ2v) is 7.37. The number of nitrogens with one attached hydrogen (secondary N) is 2. The van der Waals surface area contributed by atoms with Crippen molar-refractivity contribution >= 4 is 28.5 Å². The lowest BCUT2D eigenvalue weighted by Gasteiger charge is -2.34. The Morgan fingerprint density at radius 2 is 2.24 bits per heavy atom. The Morgan fingerprint density at radius 3 is 3.08 bits per heavy atom. The van der Waals surface area contributed by atoms with Crippen molar-refractivity contribution in [3.63, 3.8) is 0 Å². The number of aromatic amines is 2. The summed E-state index contributed by atoms with van der Waals surface area (Å²) in [7, 11) is 0. The highest BCUT2D eigenvalue weighted by Crippen LogP contribution is 2.37. The third-order valence-corrected chi connectivity index (χ3v) is 5.36. The first-order chi connectivity index (χ1) is 12.2. The van der Waals surface area contributed by atoms with Crippen LogP contribution in [0.2, 0.25) is 5.02 Å². The molecule has 0 saturated heterocycles. The fourth-order valence-electron chi connectivity index (χ4n) is 3.64. The molecule has 2 N–H and O–H groups in total. The maximum Gasteiger partial charge on any atom is 0.223 e. The summed E-state index contributed by atoms with van der Waals surface area (Å²) in [6.45, 7) is 0.684. The maximum atomic E-state index is 12.9. The van der Waals surface area contributed by atoms with Crippen molar-refractivity contribution in [3.8, 4) is 0 Å². The van der Waals surface area contributed by atoms with Crippen molar-refractivity contribution in [2.24, 2.45) is 5.92 Å². The Balaban J connectivity index is 1.58. The third-order valence-electron chi connectivity index (χ3n) is 5.13. The molecular formula is C18H18ClN5O. The maximum absolute atomic E-state index is 12.9. The van der Waals surface area contributed by atoms with Gasteiger partial charge >= 0.3 is 0 Å². The van der Waals surface area contributed by atoms with Gasteiger partial charge in [0, 0.05) is 30.1 Å². The summed E-state index contributed by atoms with van der Waals surface area (Å²) < 4.78 is 0. The van der Waals surface area contributed by atoms with Gasteiger partial charge in [-0.05, 0) is 37.0 Å². The van der Waals surface area contributed by atoms with Crippen molar-refractivity contribution in [2.45, 2.75) is 31.7 Å². The van der Waals surface area contributed by atoms with Gasteiger partial charge in [0.1, 0.15) is 11.9 Å². The third kappa shape index (κ3) is 2.61. The van der Waals surface area contributed by atoms with Crippen LogP contribution in [0.4, 0.5) is 0 Å². The molecular weight excluding hydrogens is 338 g/mol. The van der Waals surface area contributed by atoms with Crippen molar-refractivity contribution in [1.82, 2.24) is 24.8 Å². The number of benzene rings is 1. The molecule has 0 unspecified atom stereocenters. The standard InChI is InChI=1S/C18H18ClN5O/c19-11-3-4-12-14(8-11)23-18(22-12)17-16-13(20-9-21-16)5-6-24(17)15(25)7-10-1-2-10/h3-4,8-10,17H,1-2,5-7H2,(H,20,21)(H,22,23)/t17-/m0/s1. The molecule has 5 rings (SSSR count). The van der Waals surface area contributed by atoms with E-state index in [2.05, 4.69) is 15.0 Å². The quantitative estimate of drug-likeness (QED) is 0.757. The Morgan fingerprint density at radius 1 is 1.36 bits per heavy atom. The van der Waals surface area contributed by atoms with Gasteiger partial charge in [-0.15, -0.1) is 0 Å². The number of nitrogens with zero attached hydrogens (tertiary/aromatic N) is 3. The summed E-state index contributed by atoms with van der Waals surface area (Å²) in [5.74, 6) is 1.50. The summed E-state index contributed by atoms with van der Waals surface area (Å²) in [5.41, 5.74) is 3.69. The second kappa shape index (κ2) is 5.59. The van der Waals surface area contributed by atoms with Crippen molar-refractivity contribution in [2.75, 3.05) is 6.54 Å². The van der Waals surface area contributed by atoms with Crippen molar-refractivity contribution in [3.05, 3.63) is 46.8 Å². The Bertz CT molecular complexity index is 957. The summed E-state index contributed by atoms with van der Waals surface area (Å²) >= 11 is 6.09. The van der Waals surface area contributed by atoms with Gasteiger partial charge in [-0.3, -0.25) is 4.79 Å². The van der Waals surface area contributed by atoms with Crippen molar-refractivity contribution in [1.29, 1.82) is 0 Å². The average Bonchev–Trinajstić information content (AvgIpc) is 3.12. The van der Waals surface area contributed by atoms with Crippen LogP contribution in [0.1, 0.15) is 42.5 Å². The smallest absolute Gasteiger partial charge is 0.223 e. The molecule has 1 aliphatic carbocycles. The lowest BCUT2D eigenvalue weighted by atomic mass is 10.0. The zero-order valence-electron chi connectivity index (χ0n) is 13.6. The lowest BCUT2D eigenvalue weighted by molar-refractivity contribution is -0.133. The summed E-state index contributed by atoms with van der Waals surface area (Å²) in [6, 6.07) is 5.30. The zero-order chi connectivity index (χ0) is 17.0. The Kier molecular flexibility index (Phi) is 3.35. The normalized spacial score (nSPS) is 20.0. The van der Waals surface area contributed by atoms with Gasteiger partial charge in [0.15, 0.2) is 0 Å². The molecule has 1 aromatic carbocycles. The van der Waals surface area contributed by atoms with Gasteiger partial charge in [0.05, 0.1) is 23.1 Å². The van der Waals surface area contributed by atoms with E-state index in [0.717, 1.165) is 34.7 Å². The van der Waals surface area contributed by atoms with E-state index in [-0.39, 0.29) is 11.9 Å². The first-order valence-electron chi connectivity index (χ1n) is 8.66. The Hall–Kier alpha value is -2.34. The molecule has 0 spiro atoms. The predicted octanol–water partition coefficient (Wildman–Crippen LogP) is 3.21. The highest BCUT2D eigenvalue weighted by molar-refractivity contribution is 6.31. The fraction of sp³-hybridized carbons (Fsp3) is 0.389. The number of amides is 1. The molecule has 1 aliphatic heterocycles.